The molecule has 2 aliphatic rings. The Kier molecular flexibility index (Phi) is 10.2. The average molecular weight is 843 g/mol. The van der Waals surface area contributed by atoms with Gasteiger partial charge in [0.25, 0.3) is 0 Å². The van der Waals surface area contributed by atoms with E-state index in [1.54, 1.807) is 0 Å². The fourth-order valence-electron chi connectivity index (χ4n) is 11.0. The Balaban J connectivity index is 0.00000238. The second kappa shape index (κ2) is 16.8. The molecule has 0 saturated carbocycles. The first-order valence-corrected chi connectivity index (χ1v) is 22.5. The topological polar surface area (TPSA) is 6.48 Å². The summed E-state index contributed by atoms with van der Waals surface area (Å²) in [5.41, 5.74) is 18.4. The molecule has 0 unspecified atom stereocenters. The molecule has 312 valence electrons. The Labute approximate surface area is 388 Å². The Bertz CT molecular complexity index is 2900. The first-order chi connectivity index (χ1) is 32.8. The van der Waals surface area contributed by atoms with Crippen molar-refractivity contribution in [1.29, 1.82) is 0 Å². The zero-order valence-corrected chi connectivity index (χ0v) is 36.5. The Morgan fingerprint density at radius 1 is 0.227 bits per heavy atom. The SMILES string of the molecule is C#C.c1ccc(C2(c3ccccc3)c3ccccc3N(c3ccc(-c4ccc(N5c6ccccc6C(c6ccccc6)(c6ccccc6)c6ccccc65)cc4)cc3)c3ccccc32)cc1. The standard InChI is InChI=1S/C62H44N2.C2H2/c1-5-21-47(22-6-1)61(48-23-7-2-8-24-48)53-29-13-17-33-57(53)63(58-34-18-14-30-54(58)61)51-41-37-45(38-42-51)46-39-43-52(44-40-46)64-59-35-19-15-31-55(59)62(49-25-9-3-10-26-49,50-27-11-4-12-28-50)56-32-16-20-36-60(56)64;1-2/h1-44H;1-2H. The lowest BCUT2D eigenvalue weighted by Crippen LogP contribution is -2.37. The summed E-state index contributed by atoms with van der Waals surface area (Å²) in [7, 11) is 0. The van der Waals surface area contributed by atoms with Gasteiger partial charge in [0.1, 0.15) is 0 Å². The fraction of sp³-hybridized carbons (Fsp3) is 0.0312. The van der Waals surface area contributed by atoms with Crippen LogP contribution in [0.25, 0.3) is 11.1 Å². The van der Waals surface area contributed by atoms with E-state index in [2.05, 4.69) is 290 Å². The number of benzene rings is 10. The van der Waals surface area contributed by atoms with Crippen molar-refractivity contribution >= 4 is 34.1 Å². The highest BCUT2D eigenvalue weighted by Gasteiger charge is 2.47. The minimum atomic E-state index is -0.492. The van der Waals surface area contributed by atoms with Gasteiger partial charge in [0.15, 0.2) is 0 Å². The highest BCUT2D eigenvalue weighted by atomic mass is 15.2. The number of anilines is 6. The normalized spacial score (nSPS) is 13.7. The van der Waals surface area contributed by atoms with Crippen molar-refractivity contribution in [3.63, 3.8) is 0 Å². The van der Waals surface area contributed by atoms with Crippen LogP contribution >= 0.6 is 0 Å². The number of hydrogen-bond acceptors (Lipinski definition) is 2. The maximum Gasteiger partial charge on any atom is 0.0742 e. The molecule has 10 aromatic rings. The van der Waals surface area contributed by atoms with Crippen LogP contribution in [0, 0.1) is 12.8 Å². The molecular formula is C64H46N2. The zero-order valence-electron chi connectivity index (χ0n) is 36.5. The lowest BCUT2D eigenvalue weighted by Gasteiger charge is -2.46. The fourth-order valence-corrected chi connectivity index (χ4v) is 11.0. The number of hydrogen-bond donors (Lipinski definition) is 0. The van der Waals surface area contributed by atoms with Crippen LogP contribution in [0.15, 0.2) is 267 Å². The Hall–Kier alpha value is -8.64. The first kappa shape index (κ1) is 40.2. The highest BCUT2D eigenvalue weighted by molar-refractivity contribution is 5.92. The third-order valence-electron chi connectivity index (χ3n) is 13.6. The van der Waals surface area contributed by atoms with Crippen molar-refractivity contribution in [2.45, 2.75) is 10.8 Å². The first-order valence-electron chi connectivity index (χ1n) is 22.5. The highest BCUT2D eigenvalue weighted by Crippen LogP contribution is 2.59. The van der Waals surface area contributed by atoms with Crippen molar-refractivity contribution in [3.8, 4) is 24.0 Å². The smallest absolute Gasteiger partial charge is 0.0742 e. The van der Waals surface area contributed by atoms with Crippen molar-refractivity contribution in [2.75, 3.05) is 9.80 Å². The van der Waals surface area contributed by atoms with Gasteiger partial charge < -0.3 is 9.80 Å². The summed E-state index contributed by atoms with van der Waals surface area (Å²) in [6, 6.07) is 97.9. The van der Waals surface area contributed by atoms with Crippen LogP contribution < -0.4 is 9.80 Å². The maximum atomic E-state index is 4.00. The van der Waals surface area contributed by atoms with E-state index in [1.807, 2.05) is 0 Å². The molecule has 2 aliphatic heterocycles. The largest absolute Gasteiger partial charge is 0.310 e. The van der Waals surface area contributed by atoms with E-state index in [1.165, 1.54) is 78.4 Å². The van der Waals surface area contributed by atoms with E-state index in [4.69, 9.17) is 0 Å². The monoisotopic (exact) mass is 842 g/mol. The van der Waals surface area contributed by atoms with E-state index in [0.717, 1.165) is 11.4 Å². The molecule has 0 radical (unpaired) electrons. The number of fused-ring (bicyclic) bond motifs is 4. The molecule has 0 atom stereocenters. The van der Waals surface area contributed by atoms with Gasteiger partial charge >= 0.3 is 0 Å². The second-order valence-corrected chi connectivity index (χ2v) is 16.8. The van der Waals surface area contributed by atoms with Crippen LogP contribution in [0.5, 0.6) is 0 Å². The number of rotatable bonds is 7. The summed E-state index contributed by atoms with van der Waals surface area (Å²) >= 11 is 0. The molecule has 0 aromatic heterocycles. The molecular weight excluding hydrogens is 797 g/mol. The van der Waals surface area contributed by atoms with E-state index >= 15 is 0 Å². The average Bonchev–Trinajstić information content (AvgIpc) is 3.41. The predicted octanol–water partition coefficient (Wildman–Crippen LogP) is 15.9. The molecule has 2 nitrogen and oxygen atoms in total. The van der Waals surface area contributed by atoms with Crippen LogP contribution in [0.3, 0.4) is 0 Å². The lowest BCUT2D eigenvalue weighted by atomic mass is 9.62. The van der Waals surface area contributed by atoms with Crippen LogP contribution in [-0.2, 0) is 10.8 Å². The molecule has 2 heteroatoms. The molecule has 0 amide bonds. The summed E-state index contributed by atoms with van der Waals surface area (Å²) in [5.74, 6) is 0. The molecule has 0 aliphatic carbocycles. The third kappa shape index (κ3) is 6.13. The van der Waals surface area contributed by atoms with Gasteiger partial charge in [-0.25, -0.2) is 0 Å². The van der Waals surface area contributed by atoms with Gasteiger partial charge in [-0.15, -0.1) is 12.8 Å². The molecule has 0 saturated heterocycles. The quantitative estimate of drug-likeness (QED) is 0.148. The summed E-state index contributed by atoms with van der Waals surface area (Å²) in [5, 5.41) is 0. The van der Waals surface area contributed by atoms with E-state index in [0.29, 0.717) is 0 Å². The predicted molar refractivity (Wildman–Crippen MR) is 275 cm³/mol. The van der Waals surface area contributed by atoms with E-state index in [-0.39, 0.29) is 0 Å². The number of nitrogens with zero attached hydrogens (tertiary/aromatic N) is 2. The van der Waals surface area contributed by atoms with Gasteiger partial charge in [0.05, 0.1) is 33.6 Å². The molecule has 0 fully saturated rings. The summed E-state index contributed by atoms with van der Waals surface area (Å²) in [6.45, 7) is 0. The van der Waals surface area contributed by atoms with Gasteiger partial charge in [0.2, 0.25) is 0 Å². The molecule has 0 bridgehead atoms. The summed E-state index contributed by atoms with van der Waals surface area (Å²) in [4.78, 5) is 4.88. The van der Waals surface area contributed by atoms with Crippen molar-refractivity contribution in [2.24, 2.45) is 0 Å². The molecule has 12 rings (SSSR count). The maximum absolute atomic E-state index is 4.00. The van der Waals surface area contributed by atoms with Crippen LogP contribution in [0.2, 0.25) is 0 Å². The van der Waals surface area contributed by atoms with Crippen LogP contribution in [0.4, 0.5) is 34.1 Å². The van der Waals surface area contributed by atoms with Crippen LogP contribution in [-0.4, -0.2) is 0 Å². The summed E-state index contributed by atoms with van der Waals surface area (Å²) in [6.07, 6.45) is 8.00. The minimum Gasteiger partial charge on any atom is -0.310 e. The van der Waals surface area contributed by atoms with Gasteiger partial charge in [-0.1, -0.05) is 218 Å². The van der Waals surface area contributed by atoms with E-state index in [9.17, 15) is 0 Å². The third-order valence-corrected chi connectivity index (χ3v) is 13.6. The van der Waals surface area contributed by atoms with Crippen molar-refractivity contribution in [3.05, 3.63) is 311 Å². The molecule has 66 heavy (non-hydrogen) atoms. The van der Waals surface area contributed by atoms with Gasteiger partial charge in [-0.2, -0.15) is 0 Å². The molecule has 0 spiro atoms. The molecule has 10 aromatic carbocycles. The van der Waals surface area contributed by atoms with Gasteiger partial charge in [0, 0.05) is 11.4 Å². The number of terminal acetylenes is 1. The van der Waals surface area contributed by atoms with Crippen molar-refractivity contribution < 1.29 is 0 Å². The second-order valence-electron chi connectivity index (χ2n) is 16.8. The number of para-hydroxylation sites is 4. The van der Waals surface area contributed by atoms with E-state index < -0.39 is 10.8 Å². The molecule has 0 N–H and O–H groups in total. The minimum absolute atomic E-state index is 0.492. The lowest BCUT2D eigenvalue weighted by molar-refractivity contribution is 0.731. The Morgan fingerprint density at radius 3 is 0.682 bits per heavy atom. The summed E-state index contributed by atoms with van der Waals surface area (Å²) < 4.78 is 0. The van der Waals surface area contributed by atoms with Gasteiger partial charge in [-0.3, -0.25) is 0 Å². The van der Waals surface area contributed by atoms with Gasteiger partial charge in [-0.05, 0) is 104 Å². The molecule has 2 heterocycles. The van der Waals surface area contributed by atoms with Crippen molar-refractivity contribution in [1.82, 2.24) is 0 Å². The zero-order chi connectivity index (χ0) is 44.5. The van der Waals surface area contributed by atoms with Crippen LogP contribution in [0.1, 0.15) is 44.5 Å². The Morgan fingerprint density at radius 2 is 0.439 bits per heavy atom.